The number of piperazine rings is 1. The third-order valence-electron chi connectivity index (χ3n) is 8.07. The van der Waals surface area contributed by atoms with Crippen LogP contribution in [0.15, 0.2) is 66.7 Å². The zero-order valence-corrected chi connectivity index (χ0v) is 27.3. The Morgan fingerprint density at radius 3 is 2.40 bits per heavy atom. The fraction of sp³-hybridized carbons (Fsp3) is 0.333. The molecular weight excluding hydrogens is 617 g/mol. The normalized spacial score (nSPS) is 16.4. The Bertz CT molecular complexity index is 1880. The first-order valence-corrected chi connectivity index (χ1v) is 15.9. The summed E-state index contributed by atoms with van der Waals surface area (Å²) in [4.78, 5) is 47.4. The van der Waals surface area contributed by atoms with Gasteiger partial charge in [0.05, 0.1) is 16.9 Å². The van der Waals surface area contributed by atoms with Gasteiger partial charge in [0, 0.05) is 54.4 Å². The predicted octanol–water partition coefficient (Wildman–Crippen LogP) is 6.09. The molecule has 4 aromatic rings. The molecule has 11 nitrogen and oxygen atoms in total. The molecule has 0 bridgehead atoms. The van der Waals surface area contributed by atoms with Crippen LogP contribution in [0.1, 0.15) is 54.1 Å². The van der Waals surface area contributed by atoms with Crippen molar-refractivity contribution in [1.82, 2.24) is 14.8 Å². The van der Waals surface area contributed by atoms with Crippen LogP contribution in [-0.4, -0.2) is 77.2 Å². The Morgan fingerprint density at radius 2 is 1.62 bits per heavy atom. The number of hydrogen-bond acceptors (Lipinski definition) is 8. The molecule has 0 aliphatic carbocycles. The lowest BCUT2D eigenvalue weighted by Crippen LogP contribution is -2.54. The largest absolute Gasteiger partial charge is 0.486 e. The highest BCUT2D eigenvalue weighted by molar-refractivity contribution is 6.07. The number of hydrogen-bond donors (Lipinski definition) is 2. The Balaban J connectivity index is 1.08. The SMILES string of the molecule is C[C@@H]1CN(C(=O)OC(C)(C)C)CCN1Cc1ccc2cc(C(=O)Nc3cc(NC(=O)c4ccc5c(c4)OCCO5)ccc3F)ccc2n1. The van der Waals surface area contributed by atoms with Crippen LogP contribution in [0.25, 0.3) is 10.9 Å². The van der Waals surface area contributed by atoms with E-state index in [0.717, 1.165) is 16.6 Å². The van der Waals surface area contributed by atoms with Gasteiger partial charge in [-0.2, -0.15) is 0 Å². The zero-order valence-electron chi connectivity index (χ0n) is 27.3. The summed E-state index contributed by atoms with van der Waals surface area (Å²) in [6, 6.07) is 17.9. The zero-order chi connectivity index (χ0) is 34.0. The molecule has 0 spiro atoms. The van der Waals surface area contributed by atoms with Gasteiger partial charge in [0.25, 0.3) is 11.8 Å². The van der Waals surface area contributed by atoms with Crippen molar-refractivity contribution in [2.24, 2.45) is 0 Å². The number of benzene rings is 3. The smallest absolute Gasteiger partial charge is 0.410 e. The minimum atomic E-state index is -0.645. The Labute approximate surface area is 278 Å². The number of halogens is 1. The monoisotopic (exact) mass is 655 g/mol. The van der Waals surface area contributed by atoms with Crippen LogP contribution in [0, 0.1) is 5.82 Å². The molecule has 0 saturated carbocycles. The molecule has 3 amide bonds. The molecule has 1 atom stereocenters. The lowest BCUT2D eigenvalue weighted by atomic mass is 10.1. The van der Waals surface area contributed by atoms with Crippen molar-refractivity contribution in [2.75, 3.05) is 43.5 Å². The second-order valence-corrected chi connectivity index (χ2v) is 12.9. The van der Waals surface area contributed by atoms with Crippen molar-refractivity contribution in [2.45, 2.75) is 45.9 Å². The number of nitrogens with one attached hydrogen (secondary N) is 2. The molecule has 48 heavy (non-hydrogen) atoms. The molecule has 3 heterocycles. The summed E-state index contributed by atoms with van der Waals surface area (Å²) in [6.07, 6.45) is -0.298. The van der Waals surface area contributed by atoms with Crippen LogP contribution in [0.4, 0.5) is 20.6 Å². The third-order valence-corrected chi connectivity index (χ3v) is 8.07. The van der Waals surface area contributed by atoms with E-state index in [1.54, 1.807) is 41.3 Å². The molecule has 2 aliphatic rings. The number of pyridine rings is 1. The van der Waals surface area contributed by atoms with E-state index in [2.05, 4.69) is 22.5 Å². The molecule has 3 aromatic carbocycles. The number of nitrogens with zero attached hydrogens (tertiary/aromatic N) is 3. The van der Waals surface area contributed by atoms with E-state index < -0.39 is 23.2 Å². The van der Waals surface area contributed by atoms with Gasteiger partial charge >= 0.3 is 6.09 Å². The van der Waals surface area contributed by atoms with Crippen LogP contribution in [0.3, 0.4) is 0 Å². The maximum atomic E-state index is 14.7. The van der Waals surface area contributed by atoms with Crippen molar-refractivity contribution < 1.29 is 33.0 Å². The van der Waals surface area contributed by atoms with Crippen molar-refractivity contribution in [3.05, 3.63) is 89.4 Å². The lowest BCUT2D eigenvalue weighted by Gasteiger charge is -2.40. The van der Waals surface area contributed by atoms with Gasteiger partial charge in [-0.3, -0.25) is 19.5 Å². The van der Waals surface area contributed by atoms with Crippen LogP contribution in [0.5, 0.6) is 11.5 Å². The summed E-state index contributed by atoms with van der Waals surface area (Å²) in [6.45, 7) is 10.9. The summed E-state index contributed by atoms with van der Waals surface area (Å²) < 4.78 is 31.3. The van der Waals surface area contributed by atoms with E-state index in [9.17, 15) is 18.8 Å². The van der Waals surface area contributed by atoms with Gasteiger partial charge in [0.15, 0.2) is 11.5 Å². The number of rotatable bonds is 6. The van der Waals surface area contributed by atoms with E-state index in [1.165, 1.54) is 18.2 Å². The number of fused-ring (bicyclic) bond motifs is 2. The first-order valence-electron chi connectivity index (χ1n) is 15.9. The fourth-order valence-corrected chi connectivity index (χ4v) is 5.61. The highest BCUT2D eigenvalue weighted by Crippen LogP contribution is 2.31. The number of carbonyl (C=O) groups excluding carboxylic acids is 3. The molecule has 6 rings (SSSR count). The van der Waals surface area contributed by atoms with E-state index in [-0.39, 0.29) is 17.8 Å². The van der Waals surface area contributed by atoms with Gasteiger partial charge in [-0.15, -0.1) is 0 Å². The standard InChI is InChI=1S/C36H38FN5O6/c1-22-20-42(35(45)48-36(2,3)4)14-13-41(22)21-27-8-5-23-17-24(6-11-29(23)38-27)34(44)40-30-19-26(9-10-28(30)37)39-33(43)25-7-12-31-32(18-25)47-16-15-46-31/h5-12,17-19,22H,13-16,20-21H2,1-4H3,(H,39,43)(H,40,44)/t22-/m1/s1. The average Bonchev–Trinajstić information content (AvgIpc) is 3.05. The van der Waals surface area contributed by atoms with Gasteiger partial charge in [-0.05, 0) is 88.4 Å². The second kappa shape index (κ2) is 13.5. The topological polar surface area (TPSA) is 122 Å². The van der Waals surface area contributed by atoms with Gasteiger partial charge in [-0.1, -0.05) is 6.07 Å². The minimum absolute atomic E-state index is 0.0746. The summed E-state index contributed by atoms with van der Waals surface area (Å²) >= 11 is 0. The van der Waals surface area contributed by atoms with Crippen molar-refractivity contribution in [1.29, 1.82) is 0 Å². The van der Waals surface area contributed by atoms with Gasteiger partial charge in [-0.25, -0.2) is 9.18 Å². The maximum Gasteiger partial charge on any atom is 0.410 e. The highest BCUT2D eigenvalue weighted by atomic mass is 19.1. The molecule has 0 radical (unpaired) electrons. The first-order chi connectivity index (χ1) is 22.9. The number of amides is 3. The first kappa shape index (κ1) is 32.7. The van der Waals surface area contributed by atoms with Crippen LogP contribution in [-0.2, 0) is 11.3 Å². The van der Waals surface area contributed by atoms with E-state index in [0.29, 0.717) is 67.7 Å². The van der Waals surface area contributed by atoms with Crippen LogP contribution >= 0.6 is 0 Å². The molecule has 1 fully saturated rings. The van der Waals surface area contributed by atoms with E-state index >= 15 is 0 Å². The van der Waals surface area contributed by atoms with E-state index in [4.69, 9.17) is 19.2 Å². The summed E-state index contributed by atoms with van der Waals surface area (Å²) in [5.41, 5.74) is 1.96. The number of carbonyl (C=O) groups is 3. The van der Waals surface area contributed by atoms with Crippen molar-refractivity contribution >= 4 is 40.2 Å². The quantitative estimate of drug-likeness (QED) is 0.256. The lowest BCUT2D eigenvalue weighted by molar-refractivity contribution is 0.00445. The molecule has 1 saturated heterocycles. The predicted molar refractivity (Wildman–Crippen MR) is 179 cm³/mol. The molecule has 1 aromatic heterocycles. The molecule has 12 heteroatoms. The third kappa shape index (κ3) is 7.66. The van der Waals surface area contributed by atoms with Crippen molar-refractivity contribution in [3.8, 4) is 11.5 Å². The second-order valence-electron chi connectivity index (χ2n) is 12.9. The van der Waals surface area contributed by atoms with Crippen LogP contribution < -0.4 is 20.1 Å². The molecule has 250 valence electrons. The molecule has 2 aliphatic heterocycles. The number of aromatic nitrogens is 1. The fourth-order valence-electron chi connectivity index (χ4n) is 5.61. The van der Waals surface area contributed by atoms with Crippen molar-refractivity contribution in [3.63, 3.8) is 0 Å². The Morgan fingerprint density at radius 1 is 0.896 bits per heavy atom. The minimum Gasteiger partial charge on any atom is -0.486 e. The van der Waals surface area contributed by atoms with Gasteiger partial charge in [0.2, 0.25) is 0 Å². The molecular formula is C36H38FN5O6. The van der Waals surface area contributed by atoms with Crippen LogP contribution in [0.2, 0.25) is 0 Å². The Kier molecular flexibility index (Phi) is 9.18. The highest BCUT2D eigenvalue weighted by Gasteiger charge is 2.30. The summed E-state index contributed by atoms with van der Waals surface area (Å²) in [5.74, 6) is -0.528. The average molecular weight is 656 g/mol. The Hall–Kier alpha value is -5.23. The number of anilines is 2. The number of ether oxygens (including phenoxy) is 3. The maximum absolute atomic E-state index is 14.7. The molecule has 0 unspecified atom stereocenters. The van der Waals surface area contributed by atoms with Gasteiger partial charge < -0.3 is 29.7 Å². The molecule has 2 N–H and O–H groups in total. The summed E-state index contributed by atoms with van der Waals surface area (Å²) in [7, 11) is 0. The summed E-state index contributed by atoms with van der Waals surface area (Å²) in [5, 5.41) is 6.11. The van der Waals surface area contributed by atoms with Gasteiger partial charge in [0.1, 0.15) is 24.6 Å². The van der Waals surface area contributed by atoms with E-state index in [1.807, 2.05) is 32.9 Å².